The van der Waals surface area contributed by atoms with Crippen molar-refractivity contribution in [3.8, 4) is 0 Å². The molecule has 1 aromatic rings. The van der Waals surface area contributed by atoms with E-state index in [4.69, 9.17) is 14.2 Å². The molecule has 0 spiro atoms. The average Bonchev–Trinajstić information content (AvgIpc) is 2.87. The highest BCUT2D eigenvalue weighted by Gasteiger charge is 2.01. The molecule has 0 unspecified atom stereocenters. The third-order valence-corrected chi connectivity index (χ3v) is 4.64. The van der Waals surface area contributed by atoms with E-state index in [0.29, 0.717) is 52.6 Å². The van der Waals surface area contributed by atoms with E-state index in [1.54, 1.807) is 6.21 Å². The first-order valence-corrected chi connectivity index (χ1v) is 12.1. The van der Waals surface area contributed by atoms with E-state index in [-0.39, 0.29) is 6.61 Å². The first-order chi connectivity index (χ1) is 17.2. The fourth-order valence-electron chi connectivity index (χ4n) is 2.79. The van der Waals surface area contributed by atoms with Crippen molar-refractivity contribution in [1.29, 1.82) is 0 Å². The molecule has 2 N–H and O–H groups in total. The van der Waals surface area contributed by atoms with Gasteiger partial charge in [-0.3, -0.25) is 9.98 Å². The zero-order valence-corrected chi connectivity index (χ0v) is 21.0. The summed E-state index contributed by atoms with van der Waals surface area (Å²) in [6.07, 6.45) is 6.44. The molecule has 0 fully saturated rings. The molecule has 1 aromatic carbocycles. The molecule has 0 aromatic heterocycles. The van der Waals surface area contributed by atoms with Crippen LogP contribution in [0.2, 0.25) is 0 Å². The molecule has 0 saturated heterocycles. The molecule has 10 heteroatoms. The van der Waals surface area contributed by atoms with Crippen LogP contribution in [0.3, 0.4) is 0 Å². The Morgan fingerprint density at radius 3 is 1.86 bits per heavy atom. The fourth-order valence-corrected chi connectivity index (χ4v) is 2.79. The number of ether oxygens (including phenoxy) is 4. The van der Waals surface area contributed by atoms with E-state index in [0.717, 1.165) is 36.8 Å². The smallest absolute Gasteiger partial charge is 0.407 e. The lowest BCUT2D eigenvalue weighted by atomic mass is 10.1. The van der Waals surface area contributed by atoms with Gasteiger partial charge in [0.2, 0.25) is 0 Å². The molecular formula is C25H40N4O6. The Hall–Kier alpha value is -2.98. The predicted molar refractivity (Wildman–Crippen MR) is 137 cm³/mol. The summed E-state index contributed by atoms with van der Waals surface area (Å²) in [7, 11) is 1.34. The van der Waals surface area contributed by atoms with Crippen LogP contribution in [0.5, 0.6) is 0 Å². The number of aliphatic imine (C=N–C) groups is 2. The summed E-state index contributed by atoms with van der Waals surface area (Å²) >= 11 is 0. The molecule has 0 bridgehead atoms. The topological polar surface area (TPSA) is 120 Å². The number of methoxy groups -OCH3 is 1. The Bertz CT molecular complexity index is 740. The lowest BCUT2D eigenvalue weighted by molar-refractivity contribution is 0.0765. The highest BCUT2D eigenvalue weighted by molar-refractivity contribution is 5.84. The fraction of sp³-hybridized carbons (Fsp3) is 0.600. The van der Waals surface area contributed by atoms with E-state index in [9.17, 15) is 9.59 Å². The number of nitrogens with one attached hydrogen (secondary N) is 2. The van der Waals surface area contributed by atoms with Gasteiger partial charge in [0.05, 0.1) is 40.0 Å². The van der Waals surface area contributed by atoms with Crippen LogP contribution in [0, 0.1) is 0 Å². The van der Waals surface area contributed by atoms with Crippen molar-refractivity contribution in [2.24, 2.45) is 9.98 Å². The van der Waals surface area contributed by atoms with Gasteiger partial charge < -0.3 is 29.6 Å². The normalized spacial score (nSPS) is 11.1. The number of benzene rings is 1. The molecule has 2 amide bonds. The summed E-state index contributed by atoms with van der Waals surface area (Å²) < 4.78 is 20.2. The number of amides is 2. The Morgan fingerprint density at radius 1 is 0.771 bits per heavy atom. The number of unbranched alkanes of at least 4 members (excludes halogenated alkanes) is 3. The minimum absolute atomic E-state index is 0.197. The maximum atomic E-state index is 11.6. The van der Waals surface area contributed by atoms with Gasteiger partial charge >= 0.3 is 12.2 Å². The molecule has 35 heavy (non-hydrogen) atoms. The molecule has 0 radical (unpaired) electrons. The second-order valence-electron chi connectivity index (χ2n) is 7.44. The zero-order chi connectivity index (χ0) is 25.4. The summed E-state index contributed by atoms with van der Waals surface area (Å²) in [5.74, 6) is 0. The summed E-state index contributed by atoms with van der Waals surface area (Å²) in [6.45, 7) is 6.63. The second-order valence-corrected chi connectivity index (χ2v) is 7.44. The van der Waals surface area contributed by atoms with Gasteiger partial charge in [0.15, 0.2) is 0 Å². The van der Waals surface area contributed by atoms with Crippen molar-refractivity contribution in [3.63, 3.8) is 0 Å². The molecule has 0 aliphatic rings. The van der Waals surface area contributed by atoms with E-state index in [1.807, 2.05) is 37.4 Å². The Morgan fingerprint density at radius 2 is 1.31 bits per heavy atom. The Labute approximate surface area is 208 Å². The number of rotatable bonds is 19. The predicted octanol–water partition coefficient (Wildman–Crippen LogP) is 3.22. The minimum atomic E-state index is -0.443. The second kappa shape index (κ2) is 21.5. The van der Waals surface area contributed by atoms with Crippen molar-refractivity contribution in [1.82, 2.24) is 10.6 Å². The van der Waals surface area contributed by atoms with Crippen LogP contribution >= 0.6 is 0 Å². The van der Waals surface area contributed by atoms with Crippen LogP contribution < -0.4 is 10.6 Å². The van der Waals surface area contributed by atoms with Crippen molar-refractivity contribution >= 4 is 24.6 Å². The molecule has 0 saturated carbocycles. The highest BCUT2D eigenvalue weighted by Crippen LogP contribution is 2.01. The number of carbonyl (C=O) groups is 2. The van der Waals surface area contributed by atoms with Gasteiger partial charge in [-0.15, -0.1) is 0 Å². The van der Waals surface area contributed by atoms with Crippen LogP contribution in [0.4, 0.5) is 9.59 Å². The van der Waals surface area contributed by atoms with Crippen molar-refractivity contribution in [2.75, 3.05) is 66.3 Å². The monoisotopic (exact) mass is 492 g/mol. The van der Waals surface area contributed by atoms with Crippen LogP contribution in [0.15, 0.2) is 34.3 Å². The minimum Gasteiger partial charge on any atom is -0.453 e. The van der Waals surface area contributed by atoms with Gasteiger partial charge in [0, 0.05) is 32.1 Å². The quantitative estimate of drug-likeness (QED) is 0.226. The third-order valence-electron chi connectivity index (χ3n) is 4.64. The number of alkyl carbamates (subject to hydrolysis) is 2. The maximum Gasteiger partial charge on any atom is 0.407 e. The molecular weight excluding hydrogens is 452 g/mol. The van der Waals surface area contributed by atoms with E-state index >= 15 is 0 Å². The SMILES string of the molecule is CCOCC/N=C\c1ccc(/C=N\CCOCCOC(=O)NCCCCCCNC(=O)OC)cc1. The summed E-state index contributed by atoms with van der Waals surface area (Å²) in [4.78, 5) is 31.2. The van der Waals surface area contributed by atoms with E-state index < -0.39 is 12.2 Å². The molecule has 0 atom stereocenters. The Balaban J connectivity index is 1.96. The largest absolute Gasteiger partial charge is 0.453 e. The number of nitrogens with zero attached hydrogens (tertiary/aromatic N) is 2. The third kappa shape index (κ3) is 18.1. The van der Waals surface area contributed by atoms with Gasteiger partial charge in [-0.2, -0.15) is 0 Å². The van der Waals surface area contributed by atoms with Crippen molar-refractivity contribution in [2.45, 2.75) is 32.6 Å². The molecule has 10 nitrogen and oxygen atoms in total. The summed E-state index contributed by atoms with van der Waals surface area (Å²) in [6, 6.07) is 7.97. The maximum absolute atomic E-state index is 11.6. The molecule has 196 valence electrons. The lowest BCUT2D eigenvalue weighted by Gasteiger charge is -2.07. The van der Waals surface area contributed by atoms with Crippen LogP contribution in [-0.4, -0.2) is 90.9 Å². The Kier molecular flexibility index (Phi) is 18.5. The van der Waals surface area contributed by atoms with Crippen LogP contribution in [0.1, 0.15) is 43.7 Å². The molecule has 0 heterocycles. The van der Waals surface area contributed by atoms with Gasteiger partial charge in [-0.05, 0) is 30.9 Å². The first-order valence-electron chi connectivity index (χ1n) is 12.1. The molecule has 0 aliphatic carbocycles. The van der Waals surface area contributed by atoms with E-state index in [2.05, 4.69) is 25.4 Å². The number of carbonyl (C=O) groups excluding carboxylic acids is 2. The van der Waals surface area contributed by atoms with Crippen molar-refractivity contribution in [3.05, 3.63) is 35.4 Å². The molecule has 1 rings (SSSR count). The average molecular weight is 493 g/mol. The van der Waals surface area contributed by atoms with Crippen molar-refractivity contribution < 1.29 is 28.5 Å². The van der Waals surface area contributed by atoms with Crippen LogP contribution in [0.25, 0.3) is 0 Å². The number of hydrogen-bond donors (Lipinski definition) is 2. The van der Waals surface area contributed by atoms with E-state index in [1.165, 1.54) is 7.11 Å². The van der Waals surface area contributed by atoms with Gasteiger partial charge in [-0.25, -0.2) is 9.59 Å². The van der Waals surface area contributed by atoms with Gasteiger partial charge in [-0.1, -0.05) is 37.1 Å². The van der Waals surface area contributed by atoms with Gasteiger partial charge in [0.1, 0.15) is 6.61 Å². The zero-order valence-electron chi connectivity index (χ0n) is 21.0. The molecule has 0 aliphatic heterocycles. The first kappa shape index (κ1) is 30.1. The summed E-state index contributed by atoms with van der Waals surface area (Å²) in [5, 5.41) is 5.34. The van der Waals surface area contributed by atoms with Gasteiger partial charge in [0.25, 0.3) is 0 Å². The lowest BCUT2D eigenvalue weighted by Crippen LogP contribution is -2.26. The van der Waals surface area contributed by atoms with Crippen LogP contribution in [-0.2, 0) is 18.9 Å². The summed E-state index contributed by atoms with van der Waals surface area (Å²) in [5.41, 5.74) is 2.05. The standard InChI is InChI=1S/C25H40N4O6/c1-3-33-16-14-26-20-22-8-10-23(11-9-22)21-27-15-17-34-18-19-35-25(31)29-13-7-5-4-6-12-28-24(30)32-2/h8-11,20-21H,3-7,12-19H2,1-2H3,(H,28,30)(H,29,31)/b26-20-,27-21-. The highest BCUT2D eigenvalue weighted by atomic mass is 16.6. The number of hydrogen-bond acceptors (Lipinski definition) is 8.